The van der Waals surface area contributed by atoms with Crippen LogP contribution in [0.5, 0.6) is 0 Å². The van der Waals surface area contributed by atoms with Gasteiger partial charge in [0.25, 0.3) is 10.0 Å². The Balaban J connectivity index is 1.97. The van der Waals surface area contributed by atoms with E-state index in [1.54, 1.807) is 24.4 Å². The first-order valence-corrected chi connectivity index (χ1v) is 10.7. The van der Waals surface area contributed by atoms with E-state index in [1.165, 1.54) is 58.2 Å². The molecule has 146 valence electrons. The average molecular weight is 420 g/mol. The van der Waals surface area contributed by atoms with E-state index in [0.29, 0.717) is 11.6 Å². The second-order valence-electron chi connectivity index (χ2n) is 6.18. The van der Waals surface area contributed by atoms with Gasteiger partial charge in [0.05, 0.1) is 4.90 Å². The highest BCUT2D eigenvalue weighted by Gasteiger charge is 2.31. The second kappa shape index (κ2) is 8.07. The molecule has 1 amide bonds. The third kappa shape index (κ3) is 4.20. The van der Waals surface area contributed by atoms with E-state index in [0.717, 1.165) is 5.56 Å². The maximum Gasteiger partial charge on any atom is 0.266 e. The van der Waals surface area contributed by atoms with E-state index in [9.17, 15) is 17.6 Å². The minimum Gasteiger partial charge on any atom is -0.366 e. The first-order valence-electron chi connectivity index (χ1n) is 8.37. The molecule has 0 saturated carbocycles. The van der Waals surface area contributed by atoms with Gasteiger partial charge in [-0.2, -0.15) is 0 Å². The summed E-state index contributed by atoms with van der Waals surface area (Å²) in [5, 5.41) is 2.02. The Morgan fingerprint density at radius 1 is 1.18 bits per heavy atom. The molecule has 3 aromatic rings. The fourth-order valence-corrected chi connectivity index (χ4v) is 5.38. The van der Waals surface area contributed by atoms with Crippen molar-refractivity contribution >= 4 is 32.4 Å². The van der Waals surface area contributed by atoms with Gasteiger partial charge in [-0.15, -0.1) is 11.3 Å². The van der Waals surface area contributed by atoms with Crippen molar-refractivity contribution in [1.82, 2.24) is 4.98 Å². The lowest BCUT2D eigenvalue weighted by Crippen LogP contribution is -2.40. The lowest BCUT2D eigenvalue weighted by molar-refractivity contribution is 0.1000. The molecule has 3 rings (SSSR count). The number of hydrogen-bond acceptors (Lipinski definition) is 5. The maximum absolute atomic E-state index is 13.3. The quantitative estimate of drug-likeness (QED) is 0.636. The molecular weight excluding hydrogens is 401 g/mol. The van der Waals surface area contributed by atoms with Gasteiger partial charge in [0.1, 0.15) is 5.82 Å². The number of nitrogens with zero attached hydrogens (tertiary/aromatic N) is 2. The van der Waals surface area contributed by atoms with Crippen molar-refractivity contribution in [1.29, 1.82) is 0 Å². The van der Waals surface area contributed by atoms with Gasteiger partial charge in [-0.1, -0.05) is 12.1 Å². The molecule has 28 heavy (non-hydrogen) atoms. The number of hydrogen-bond donors (Lipinski definition) is 1. The fraction of sp³-hybridized carbons (Fsp3) is 0.158. The summed E-state index contributed by atoms with van der Waals surface area (Å²) in [6.45, 7) is 1.76. The van der Waals surface area contributed by atoms with Crippen molar-refractivity contribution in [2.75, 3.05) is 4.31 Å². The largest absolute Gasteiger partial charge is 0.366 e. The van der Waals surface area contributed by atoms with Crippen LogP contribution in [0.2, 0.25) is 0 Å². The van der Waals surface area contributed by atoms with Crippen LogP contribution in [-0.4, -0.2) is 25.4 Å². The van der Waals surface area contributed by atoms with Crippen molar-refractivity contribution in [3.8, 4) is 0 Å². The van der Waals surface area contributed by atoms with Gasteiger partial charge in [-0.25, -0.2) is 22.1 Å². The topological polar surface area (TPSA) is 93.4 Å². The minimum absolute atomic E-state index is 0.0265. The maximum atomic E-state index is 13.3. The summed E-state index contributed by atoms with van der Waals surface area (Å²) in [5.41, 5.74) is 6.24. The normalized spacial score (nSPS) is 12.5. The van der Waals surface area contributed by atoms with Gasteiger partial charge in [0.15, 0.2) is 5.13 Å². The molecule has 6 nitrogen and oxygen atoms in total. The first kappa shape index (κ1) is 20.0. The Morgan fingerprint density at radius 3 is 2.36 bits per heavy atom. The predicted molar refractivity (Wildman–Crippen MR) is 106 cm³/mol. The molecule has 1 atom stereocenters. The fourth-order valence-electron chi connectivity index (χ4n) is 2.80. The Morgan fingerprint density at radius 2 is 1.82 bits per heavy atom. The summed E-state index contributed by atoms with van der Waals surface area (Å²) in [5.74, 6) is -0.985. The molecule has 0 radical (unpaired) electrons. The molecule has 0 spiro atoms. The summed E-state index contributed by atoms with van der Waals surface area (Å²) < 4.78 is 41.0. The number of amides is 1. The van der Waals surface area contributed by atoms with Crippen LogP contribution in [0.4, 0.5) is 9.52 Å². The summed E-state index contributed by atoms with van der Waals surface area (Å²) in [7, 11) is -3.94. The van der Waals surface area contributed by atoms with E-state index in [2.05, 4.69) is 4.98 Å². The van der Waals surface area contributed by atoms with E-state index < -0.39 is 22.0 Å². The first-order chi connectivity index (χ1) is 13.3. The van der Waals surface area contributed by atoms with Gasteiger partial charge in [-0.3, -0.25) is 4.79 Å². The van der Waals surface area contributed by atoms with Gasteiger partial charge >= 0.3 is 0 Å². The minimum atomic E-state index is -3.94. The van der Waals surface area contributed by atoms with Crippen LogP contribution in [0.15, 0.2) is 65.0 Å². The van der Waals surface area contributed by atoms with Crippen molar-refractivity contribution in [3.05, 3.63) is 77.1 Å². The van der Waals surface area contributed by atoms with Gasteiger partial charge in [-0.05, 0) is 55.3 Å². The zero-order chi connectivity index (χ0) is 20.3. The van der Waals surface area contributed by atoms with Crippen LogP contribution >= 0.6 is 11.3 Å². The van der Waals surface area contributed by atoms with Gasteiger partial charge < -0.3 is 5.73 Å². The number of aromatic nitrogens is 1. The highest BCUT2D eigenvalue weighted by atomic mass is 32.2. The van der Waals surface area contributed by atoms with Gasteiger partial charge in [0, 0.05) is 23.2 Å². The van der Waals surface area contributed by atoms with Crippen LogP contribution in [0.1, 0.15) is 22.8 Å². The Kier molecular flexibility index (Phi) is 5.76. The van der Waals surface area contributed by atoms with Gasteiger partial charge in [0.2, 0.25) is 5.91 Å². The van der Waals surface area contributed by atoms with Crippen molar-refractivity contribution < 1.29 is 17.6 Å². The predicted octanol–water partition coefficient (Wildman–Crippen LogP) is 3.21. The Hall–Kier alpha value is -2.78. The number of sulfonamides is 1. The van der Waals surface area contributed by atoms with Crippen molar-refractivity contribution in [2.45, 2.75) is 24.3 Å². The smallest absolute Gasteiger partial charge is 0.266 e. The van der Waals surface area contributed by atoms with Crippen molar-refractivity contribution in [2.24, 2.45) is 5.73 Å². The second-order valence-corrected chi connectivity index (χ2v) is 8.87. The lowest BCUT2D eigenvalue weighted by Gasteiger charge is -2.28. The van der Waals surface area contributed by atoms with E-state index in [1.807, 2.05) is 0 Å². The summed E-state index contributed by atoms with van der Waals surface area (Å²) in [4.78, 5) is 15.4. The number of carbonyl (C=O) groups excluding carboxylic acids is 1. The molecule has 0 aliphatic heterocycles. The monoisotopic (exact) mass is 419 g/mol. The van der Waals surface area contributed by atoms with E-state index >= 15 is 0 Å². The number of primary amides is 1. The summed E-state index contributed by atoms with van der Waals surface area (Å²) in [6.07, 6.45) is 1.90. The zero-order valence-electron chi connectivity index (χ0n) is 14.9. The molecule has 0 bridgehead atoms. The third-order valence-corrected chi connectivity index (χ3v) is 6.95. The number of benzene rings is 2. The number of anilines is 1. The molecule has 0 aliphatic carbocycles. The van der Waals surface area contributed by atoms with Crippen molar-refractivity contribution in [3.63, 3.8) is 0 Å². The number of rotatable bonds is 7. The summed E-state index contributed by atoms with van der Waals surface area (Å²) in [6, 6.07) is 10.9. The van der Waals surface area contributed by atoms with Crippen LogP contribution in [0.3, 0.4) is 0 Å². The highest BCUT2D eigenvalue weighted by Crippen LogP contribution is 2.29. The zero-order valence-corrected chi connectivity index (χ0v) is 16.6. The average Bonchev–Trinajstić information content (AvgIpc) is 3.17. The number of halogens is 1. The molecule has 2 aromatic carbocycles. The molecule has 2 N–H and O–H groups in total. The molecular formula is C19H18FN3O3S2. The molecule has 1 heterocycles. The highest BCUT2D eigenvalue weighted by molar-refractivity contribution is 7.93. The van der Waals surface area contributed by atoms with Crippen LogP contribution in [0.25, 0.3) is 0 Å². The van der Waals surface area contributed by atoms with Crippen LogP contribution < -0.4 is 10.0 Å². The Bertz CT molecular complexity index is 1050. The molecule has 1 aromatic heterocycles. The van der Waals surface area contributed by atoms with E-state index in [-0.39, 0.29) is 16.3 Å². The molecule has 9 heteroatoms. The molecule has 1 unspecified atom stereocenters. The molecule has 0 aliphatic rings. The number of carbonyl (C=O) groups is 1. The SMILES string of the molecule is CC(Cc1ccc(F)cc1)N(c1nccs1)S(=O)(=O)c1ccc(C(N)=O)cc1. The lowest BCUT2D eigenvalue weighted by atomic mass is 10.1. The van der Waals surface area contributed by atoms with Crippen LogP contribution in [0, 0.1) is 5.82 Å². The summed E-state index contributed by atoms with van der Waals surface area (Å²) >= 11 is 1.20. The number of nitrogens with two attached hydrogens (primary N) is 1. The number of thiazole rings is 1. The standard InChI is InChI=1S/C19H18FN3O3S2/c1-13(12-14-2-6-16(20)7-3-14)23(19-22-10-11-27-19)28(25,26)17-8-4-15(5-9-17)18(21)24/h2-11,13H,12H2,1H3,(H2,21,24). The molecule has 0 fully saturated rings. The molecule has 0 saturated heterocycles. The van der Waals surface area contributed by atoms with Crippen LogP contribution in [-0.2, 0) is 16.4 Å². The third-order valence-electron chi connectivity index (χ3n) is 4.15. The Labute approximate surface area is 166 Å². The van der Waals surface area contributed by atoms with E-state index in [4.69, 9.17) is 5.73 Å².